The number of nitrogen functional groups attached to an aromatic ring is 1. The molecule has 72 valence electrons. The van der Waals surface area contributed by atoms with Gasteiger partial charge in [-0.05, 0) is 6.07 Å². The fourth-order valence-electron chi connectivity index (χ4n) is 1.09. The van der Waals surface area contributed by atoms with Gasteiger partial charge in [0.1, 0.15) is 17.9 Å². The molecular weight excluding hydrogens is 182 g/mol. The minimum absolute atomic E-state index is 0.0127. The number of anilines is 1. The molecule has 0 saturated carbocycles. The van der Waals surface area contributed by atoms with Crippen molar-refractivity contribution in [3.63, 3.8) is 0 Å². The van der Waals surface area contributed by atoms with Crippen molar-refractivity contribution >= 4 is 5.69 Å². The fraction of sp³-hybridized carbons (Fsp3) is 0.333. The van der Waals surface area contributed by atoms with E-state index in [1.807, 2.05) is 6.07 Å². The number of ether oxygens (including phenoxy) is 2. The van der Waals surface area contributed by atoms with E-state index in [0.29, 0.717) is 30.3 Å². The molecule has 0 aliphatic carbocycles. The number of rotatable bonds is 2. The SMILES string of the molecule is N#Cc1ccnc(OC2COC2)c1N. The van der Waals surface area contributed by atoms with Crippen molar-refractivity contribution in [1.29, 1.82) is 5.26 Å². The summed E-state index contributed by atoms with van der Waals surface area (Å²) in [4.78, 5) is 3.95. The highest BCUT2D eigenvalue weighted by Gasteiger charge is 2.22. The van der Waals surface area contributed by atoms with Gasteiger partial charge in [-0.2, -0.15) is 5.26 Å². The van der Waals surface area contributed by atoms with Gasteiger partial charge in [-0.25, -0.2) is 4.98 Å². The third-order valence-corrected chi connectivity index (χ3v) is 1.96. The van der Waals surface area contributed by atoms with Crippen molar-refractivity contribution in [3.05, 3.63) is 17.8 Å². The highest BCUT2D eigenvalue weighted by Crippen LogP contribution is 2.23. The first kappa shape index (κ1) is 8.78. The molecule has 1 aromatic heterocycles. The zero-order valence-electron chi connectivity index (χ0n) is 7.43. The molecule has 2 N–H and O–H groups in total. The van der Waals surface area contributed by atoms with E-state index in [1.165, 1.54) is 6.20 Å². The first-order chi connectivity index (χ1) is 6.81. The molecule has 0 bridgehead atoms. The van der Waals surface area contributed by atoms with E-state index >= 15 is 0 Å². The largest absolute Gasteiger partial charge is 0.468 e. The maximum Gasteiger partial charge on any atom is 0.238 e. The van der Waals surface area contributed by atoms with E-state index in [2.05, 4.69) is 4.98 Å². The van der Waals surface area contributed by atoms with Crippen molar-refractivity contribution in [3.8, 4) is 11.9 Å². The number of pyridine rings is 1. The second-order valence-electron chi connectivity index (χ2n) is 2.97. The summed E-state index contributed by atoms with van der Waals surface area (Å²) < 4.78 is 10.4. The van der Waals surface area contributed by atoms with Gasteiger partial charge in [-0.3, -0.25) is 0 Å². The molecule has 0 aromatic carbocycles. The van der Waals surface area contributed by atoms with Crippen LogP contribution in [0.1, 0.15) is 5.56 Å². The molecule has 1 aliphatic heterocycles. The first-order valence-electron chi connectivity index (χ1n) is 4.20. The van der Waals surface area contributed by atoms with E-state index in [-0.39, 0.29) is 6.10 Å². The Hall–Kier alpha value is -1.80. The van der Waals surface area contributed by atoms with Gasteiger partial charge >= 0.3 is 0 Å². The van der Waals surface area contributed by atoms with Crippen LogP contribution in [-0.2, 0) is 4.74 Å². The van der Waals surface area contributed by atoms with E-state index < -0.39 is 0 Å². The predicted molar refractivity (Wildman–Crippen MR) is 48.6 cm³/mol. The van der Waals surface area contributed by atoms with E-state index in [0.717, 1.165) is 0 Å². The third-order valence-electron chi connectivity index (χ3n) is 1.96. The van der Waals surface area contributed by atoms with Crippen molar-refractivity contribution in [1.82, 2.24) is 4.98 Å². The predicted octanol–water partition coefficient (Wildman–Crippen LogP) is 0.313. The Labute approximate surface area is 81.1 Å². The van der Waals surface area contributed by atoms with Crippen LogP contribution in [-0.4, -0.2) is 24.3 Å². The van der Waals surface area contributed by atoms with Gasteiger partial charge in [0.15, 0.2) is 0 Å². The highest BCUT2D eigenvalue weighted by atomic mass is 16.6. The molecule has 5 heteroatoms. The maximum absolute atomic E-state index is 8.71. The molecule has 0 spiro atoms. The molecule has 0 unspecified atom stereocenters. The maximum atomic E-state index is 8.71. The zero-order chi connectivity index (χ0) is 9.97. The molecule has 1 saturated heterocycles. The zero-order valence-corrected chi connectivity index (χ0v) is 7.43. The Bertz CT molecular complexity index is 382. The quantitative estimate of drug-likeness (QED) is 0.727. The van der Waals surface area contributed by atoms with Crippen LogP contribution in [0.15, 0.2) is 12.3 Å². The van der Waals surface area contributed by atoms with Gasteiger partial charge in [-0.1, -0.05) is 0 Å². The fourth-order valence-corrected chi connectivity index (χ4v) is 1.09. The number of aromatic nitrogens is 1. The smallest absolute Gasteiger partial charge is 0.238 e. The standard InChI is InChI=1S/C9H9N3O2/c10-3-6-1-2-12-9(8(6)11)14-7-4-13-5-7/h1-2,7H,4-5,11H2. The van der Waals surface area contributed by atoms with Crippen LogP contribution >= 0.6 is 0 Å². The van der Waals surface area contributed by atoms with Crippen LogP contribution in [0.4, 0.5) is 5.69 Å². The number of nitriles is 1. The van der Waals surface area contributed by atoms with Gasteiger partial charge < -0.3 is 15.2 Å². The van der Waals surface area contributed by atoms with Gasteiger partial charge in [-0.15, -0.1) is 0 Å². The molecule has 1 aliphatic rings. The molecule has 0 radical (unpaired) electrons. The Kier molecular flexibility index (Phi) is 2.21. The minimum Gasteiger partial charge on any atom is -0.468 e. The van der Waals surface area contributed by atoms with Crippen LogP contribution in [0.2, 0.25) is 0 Å². The number of hydrogen-bond acceptors (Lipinski definition) is 5. The van der Waals surface area contributed by atoms with Gasteiger partial charge in [0.25, 0.3) is 0 Å². The highest BCUT2D eigenvalue weighted by molar-refractivity contribution is 5.59. The summed E-state index contributed by atoms with van der Waals surface area (Å²) in [7, 11) is 0. The number of hydrogen-bond donors (Lipinski definition) is 1. The molecule has 5 nitrogen and oxygen atoms in total. The average Bonchev–Trinajstić information content (AvgIpc) is 2.13. The minimum atomic E-state index is 0.0127. The van der Waals surface area contributed by atoms with Crippen LogP contribution < -0.4 is 10.5 Å². The molecule has 14 heavy (non-hydrogen) atoms. The molecular formula is C9H9N3O2. The monoisotopic (exact) mass is 191 g/mol. The summed E-state index contributed by atoms with van der Waals surface area (Å²) in [6, 6.07) is 3.52. The third kappa shape index (κ3) is 1.47. The summed E-state index contributed by atoms with van der Waals surface area (Å²) >= 11 is 0. The molecule has 0 amide bonds. The van der Waals surface area contributed by atoms with E-state index in [1.54, 1.807) is 6.07 Å². The topological polar surface area (TPSA) is 81.2 Å². The number of nitrogens with zero attached hydrogens (tertiary/aromatic N) is 2. The first-order valence-corrected chi connectivity index (χ1v) is 4.20. The summed E-state index contributed by atoms with van der Waals surface area (Å²) in [5.74, 6) is 0.317. The molecule has 2 rings (SSSR count). The summed E-state index contributed by atoms with van der Waals surface area (Å²) in [6.45, 7) is 1.11. The second-order valence-corrected chi connectivity index (χ2v) is 2.97. The lowest BCUT2D eigenvalue weighted by Crippen LogP contribution is -2.39. The van der Waals surface area contributed by atoms with E-state index in [4.69, 9.17) is 20.5 Å². The van der Waals surface area contributed by atoms with Gasteiger partial charge in [0, 0.05) is 6.20 Å². The normalized spacial score (nSPS) is 15.6. The lowest BCUT2D eigenvalue weighted by molar-refractivity contribution is -0.0810. The Balaban J connectivity index is 2.20. The van der Waals surface area contributed by atoms with Crippen molar-refractivity contribution in [2.45, 2.75) is 6.10 Å². The second kappa shape index (κ2) is 3.52. The Morgan fingerprint density at radius 2 is 2.43 bits per heavy atom. The van der Waals surface area contributed by atoms with Crippen molar-refractivity contribution in [2.24, 2.45) is 0 Å². The summed E-state index contributed by atoms with van der Waals surface area (Å²) in [5, 5.41) is 8.71. The van der Waals surface area contributed by atoms with Crippen LogP contribution in [0.25, 0.3) is 0 Å². The Morgan fingerprint density at radius 1 is 1.64 bits per heavy atom. The molecule has 2 heterocycles. The van der Waals surface area contributed by atoms with E-state index in [9.17, 15) is 0 Å². The van der Waals surface area contributed by atoms with Crippen molar-refractivity contribution < 1.29 is 9.47 Å². The summed E-state index contributed by atoms with van der Waals surface area (Å²) in [5.41, 5.74) is 6.35. The van der Waals surface area contributed by atoms with Crippen LogP contribution in [0.5, 0.6) is 5.88 Å². The number of nitrogens with two attached hydrogens (primary N) is 1. The molecule has 1 aromatic rings. The Morgan fingerprint density at radius 3 is 3.00 bits per heavy atom. The summed E-state index contributed by atoms with van der Waals surface area (Å²) in [6.07, 6.45) is 1.52. The van der Waals surface area contributed by atoms with Gasteiger partial charge in [0.05, 0.1) is 18.8 Å². The van der Waals surface area contributed by atoms with Crippen LogP contribution in [0, 0.1) is 11.3 Å². The van der Waals surface area contributed by atoms with Gasteiger partial charge in [0.2, 0.25) is 5.88 Å². The average molecular weight is 191 g/mol. The lowest BCUT2D eigenvalue weighted by atomic mass is 10.2. The lowest BCUT2D eigenvalue weighted by Gasteiger charge is -2.26. The van der Waals surface area contributed by atoms with Crippen molar-refractivity contribution in [2.75, 3.05) is 18.9 Å². The molecule has 1 fully saturated rings. The van der Waals surface area contributed by atoms with Crippen LogP contribution in [0.3, 0.4) is 0 Å². The molecule has 0 atom stereocenters.